The van der Waals surface area contributed by atoms with Crippen LogP contribution in [-0.4, -0.2) is 63.1 Å². The first-order valence-corrected chi connectivity index (χ1v) is 8.87. The van der Waals surface area contributed by atoms with E-state index in [-0.39, 0.29) is 34.5 Å². The molecule has 128 valence electrons. The Kier molecular flexibility index (Phi) is 6.37. The molecule has 0 spiro atoms. The lowest BCUT2D eigenvalue weighted by Crippen LogP contribution is -2.52. The van der Waals surface area contributed by atoms with E-state index in [4.69, 9.17) is 28.9 Å². The van der Waals surface area contributed by atoms with Crippen molar-refractivity contribution in [3.05, 3.63) is 0 Å². The van der Waals surface area contributed by atoms with Gasteiger partial charge in [0.2, 0.25) is 0 Å². The highest BCUT2D eigenvalue weighted by atomic mass is 35.5. The van der Waals surface area contributed by atoms with E-state index in [9.17, 15) is 15.0 Å². The van der Waals surface area contributed by atoms with Crippen molar-refractivity contribution in [2.45, 2.75) is 61.6 Å². The van der Waals surface area contributed by atoms with Crippen LogP contribution in [0.3, 0.4) is 0 Å². The monoisotopic (exact) mass is 352 g/mol. The molecule has 0 radical (unpaired) electrons. The molecule has 0 aromatic carbocycles. The van der Waals surface area contributed by atoms with Crippen LogP contribution < -0.4 is 5.73 Å². The lowest BCUT2D eigenvalue weighted by atomic mass is 9.74. The number of rotatable bonds is 3. The molecule has 2 fully saturated rings. The molecule has 5 nitrogen and oxygen atoms in total. The number of carbonyl (C=O) groups excluding carboxylic acids is 1. The van der Waals surface area contributed by atoms with Gasteiger partial charge in [-0.3, -0.25) is 4.79 Å². The zero-order valence-electron chi connectivity index (χ0n) is 12.9. The normalized spacial score (nSPS) is 36.9. The number of alkyl halides is 2. The number of aliphatic hydroxyl groups excluding tert-OH is 2. The fraction of sp³-hybridized carbons (Fsp3) is 0.933. The fourth-order valence-electron chi connectivity index (χ4n) is 3.65. The van der Waals surface area contributed by atoms with Crippen LogP contribution in [0.4, 0.5) is 0 Å². The van der Waals surface area contributed by atoms with Gasteiger partial charge in [-0.15, -0.1) is 23.2 Å². The van der Waals surface area contributed by atoms with Crippen LogP contribution in [0.2, 0.25) is 0 Å². The minimum absolute atomic E-state index is 0.0403. The van der Waals surface area contributed by atoms with Crippen molar-refractivity contribution in [3.63, 3.8) is 0 Å². The van der Waals surface area contributed by atoms with Gasteiger partial charge >= 0.3 is 0 Å². The number of nitrogens with two attached hydrogens (primary N) is 1. The van der Waals surface area contributed by atoms with Crippen molar-refractivity contribution in [2.75, 3.05) is 13.1 Å². The smallest absolute Gasteiger partial charge is 0.251 e. The minimum Gasteiger partial charge on any atom is -0.393 e. The molecule has 0 bridgehead atoms. The van der Waals surface area contributed by atoms with Gasteiger partial charge in [0.25, 0.3) is 5.91 Å². The van der Waals surface area contributed by atoms with E-state index < -0.39 is 12.2 Å². The first kappa shape index (κ1) is 18.3. The Hall–Kier alpha value is -0.0700. The molecular formula is C15H26Cl2N2O3. The van der Waals surface area contributed by atoms with Gasteiger partial charge in [0.1, 0.15) is 6.10 Å². The van der Waals surface area contributed by atoms with Crippen molar-refractivity contribution in [1.82, 2.24) is 4.90 Å². The summed E-state index contributed by atoms with van der Waals surface area (Å²) in [7, 11) is 0. The van der Waals surface area contributed by atoms with Gasteiger partial charge in [-0.05, 0) is 38.5 Å². The lowest BCUT2D eigenvalue weighted by Gasteiger charge is -2.42. The maximum Gasteiger partial charge on any atom is 0.251 e. The Morgan fingerprint density at radius 1 is 1.23 bits per heavy atom. The maximum absolute atomic E-state index is 11.8. The van der Waals surface area contributed by atoms with Crippen molar-refractivity contribution in [2.24, 2.45) is 17.6 Å². The highest BCUT2D eigenvalue weighted by Gasteiger charge is 2.40. The van der Waals surface area contributed by atoms with Crippen LogP contribution >= 0.6 is 23.2 Å². The molecule has 22 heavy (non-hydrogen) atoms. The summed E-state index contributed by atoms with van der Waals surface area (Å²) in [6.45, 7) is 2.70. The standard InChI is InChI=1S/C15H26Cl2N2O3/c1-8(20)15(22)19-4-2-9(3-5-19)14(18)10-6-11(16)12(17)7-13(10)21/h8-14,20-21H,2-7,18H2,1H3/t8-,10?,11?,12?,13?,14-/m1/s1. The molecule has 0 aromatic rings. The van der Waals surface area contributed by atoms with E-state index in [1.807, 2.05) is 0 Å². The van der Waals surface area contributed by atoms with Crippen LogP contribution in [0.1, 0.15) is 32.6 Å². The second-order valence-electron chi connectivity index (χ2n) is 6.65. The average molecular weight is 353 g/mol. The largest absolute Gasteiger partial charge is 0.393 e. The summed E-state index contributed by atoms with van der Waals surface area (Å²) in [6.07, 6.45) is 1.23. The molecule has 7 heteroatoms. The predicted octanol–water partition coefficient (Wildman–Crippen LogP) is 0.919. The first-order valence-electron chi connectivity index (χ1n) is 8.00. The molecule has 6 atom stereocenters. The van der Waals surface area contributed by atoms with Crippen molar-refractivity contribution in [3.8, 4) is 0 Å². The minimum atomic E-state index is -0.956. The molecular weight excluding hydrogens is 327 g/mol. The summed E-state index contributed by atoms with van der Waals surface area (Å²) < 4.78 is 0. The zero-order chi connectivity index (χ0) is 16.4. The third kappa shape index (κ3) is 4.06. The van der Waals surface area contributed by atoms with E-state index >= 15 is 0 Å². The van der Waals surface area contributed by atoms with E-state index in [2.05, 4.69) is 0 Å². The third-order valence-electron chi connectivity index (χ3n) is 5.10. The molecule has 2 rings (SSSR count). The number of nitrogens with zero attached hydrogens (tertiary/aromatic N) is 1. The van der Waals surface area contributed by atoms with Gasteiger partial charge < -0.3 is 20.8 Å². The van der Waals surface area contributed by atoms with E-state index in [1.165, 1.54) is 6.92 Å². The van der Waals surface area contributed by atoms with Gasteiger partial charge in [-0.1, -0.05) is 0 Å². The lowest BCUT2D eigenvalue weighted by molar-refractivity contribution is -0.140. The second-order valence-corrected chi connectivity index (χ2v) is 7.77. The first-order chi connectivity index (χ1) is 10.3. The number of amides is 1. The molecule has 4 N–H and O–H groups in total. The Morgan fingerprint density at radius 3 is 2.32 bits per heavy atom. The Bertz CT molecular complexity index is 389. The maximum atomic E-state index is 11.8. The van der Waals surface area contributed by atoms with E-state index in [1.54, 1.807) is 4.90 Å². The van der Waals surface area contributed by atoms with E-state index in [0.717, 1.165) is 12.8 Å². The van der Waals surface area contributed by atoms with Gasteiger partial charge in [-0.25, -0.2) is 0 Å². The quantitative estimate of drug-likeness (QED) is 0.659. The number of hydrogen-bond donors (Lipinski definition) is 3. The van der Waals surface area contributed by atoms with Gasteiger partial charge in [0, 0.05) is 25.0 Å². The summed E-state index contributed by atoms with van der Waals surface area (Å²) in [5, 5.41) is 19.3. The molecule has 1 aliphatic carbocycles. The Labute approximate surface area is 141 Å². The van der Waals surface area contributed by atoms with Crippen LogP contribution in [0.15, 0.2) is 0 Å². The van der Waals surface area contributed by atoms with Crippen LogP contribution in [0.5, 0.6) is 0 Å². The highest BCUT2D eigenvalue weighted by molar-refractivity contribution is 6.30. The molecule has 1 amide bonds. The third-order valence-corrected chi connectivity index (χ3v) is 6.19. The fourth-order valence-corrected chi connectivity index (χ4v) is 4.24. The van der Waals surface area contributed by atoms with Crippen LogP contribution in [-0.2, 0) is 4.79 Å². The van der Waals surface area contributed by atoms with Crippen LogP contribution in [0, 0.1) is 11.8 Å². The molecule has 1 heterocycles. The van der Waals surface area contributed by atoms with Crippen LogP contribution in [0.25, 0.3) is 0 Å². The zero-order valence-corrected chi connectivity index (χ0v) is 14.4. The number of piperidine rings is 1. The summed E-state index contributed by atoms with van der Waals surface area (Å²) in [5.74, 6) is -0.00881. The Balaban J connectivity index is 1.89. The molecule has 0 aromatic heterocycles. The SMILES string of the molecule is C[C@@H](O)C(=O)N1CCC([C@@H](N)C2CC(Cl)C(Cl)CC2O)CC1. The number of halogens is 2. The van der Waals surface area contributed by atoms with E-state index in [0.29, 0.717) is 25.9 Å². The van der Waals surface area contributed by atoms with Crippen molar-refractivity contribution < 1.29 is 15.0 Å². The molecule has 4 unspecified atom stereocenters. The van der Waals surface area contributed by atoms with Crippen molar-refractivity contribution >= 4 is 29.1 Å². The number of carbonyl (C=O) groups is 1. The van der Waals surface area contributed by atoms with Gasteiger partial charge in [-0.2, -0.15) is 0 Å². The van der Waals surface area contributed by atoms with Crippen molar-refractivity contribution in [1.29, 1.82) is 0 Å². The van der Waals surface area contributed by atoms with Gasteiger partial charge in [0.15, 0.2) is 0 Å². The molecule has 1 saturated heterocycles. The Morgan fingerprint density at radius 2 is 1.77 bits per heavy atom. The molecule has 1 aliphatic heterocycles. The summed E-state index contributed by atoms with van der Waals surface area (Å²) in [6, 6.07) is -0.135. The molecule has 1 saturated carbocycles. The number of likely N-dealkylation sites (tertiary alicyclic amines) is 1. The molecule has 2 aliphatic rings. The topological polar surface area (TPSA) is 86.8 Å². The number of aliphatic hydroxyl groups is 2. The predicted molar refractivity (Wildman–Crippen MR) is 87.0 cm³/mol. The van der Waals surface area contributed by atoms with Gasteiger partial charge in [0.05, 0.1) is 16.9 Å². The summed E-state index contributed by atoms with van der Waals surface area (Å²) >= 11 is 12.3. The highest BCUT2D eigenvalue weighted by Crippen LogP contribution is 2.36. The second kappa shape index (κ2) is 7.67. The average Bonchev–Trinajstić information content (AvgIpc) is 2.49. The number of hydrogen-bond acceptors (Lipinski definition) is 4. The summed E-state index contributed by atoms with van der Waals surface area (Å²) in [5.41, 5.74) is 6.39. The summed E-state index contributed by atoms with van der Waals surface area (Å²) in [4.78, 5) is 13.5.